The van der Waals surface area contributed by atoms with Crippen molar-refractivity contribution in [3.63, 3.8) is 0 Å². The number of halogens is 1. The molecule has 2 aromatic carbocycles. The molecule has 3 rings (SSSR count). The van der Waals surface area contributed by atoms with E-state index in [1.54, 1.807) is 37.3 Å². The summed E-state index contributed by atoms with van der Waals surface area (Å²) >= 11 is 3.42. The second-order valence-electron chi connectivity index (χ2n) is 5.33. The number of nitrogens with zero attached hydrogens (tertiary/aromatic N) is 1. The number of anilines is 1. The number of benzene rings is 2. The van der Waals surface area contributed by atoms with Gasteiger partial charge >= 0.3 is 5.76 Å². The van der Waals surface area contributed by atoms with Crippen molar-refractivity contribution in [1.82, 2.24) is 4.57 Å². The molecule has 0 fully saturated rings. The molecule has 0 radical (unpaired) electrons. The van der Waals surface area contributed by atoms with Crippen LogP contribution in [0.2, 0.25) is 0 Å². The highest BCUT2D eigenvalue weighted by Gasteiger charge is 2.21. The number of oxazole rings is 1. The van der Waals surface area contributed by atoms with Crippen molar-refractivity contribution in [2.24, 2.45) is 0 Å². The van der Waals surface area contributed by atoms with E-state index in [9.17, 15) is 9.59 Å². The van der Waals surface area contributed by atoms with Crippen LogP contribution in [0.1, 0.15) is 18.5 Å². The predicted octanol–water partition coefficient (Wildman–Crippen LogP) is 3.87. The fourth-order valence-corrected chi connectivity index (χ4v) is 2.68. The molecule has 0 saturated heterocycles. The number of hydrogen-bond donors (Lipinski definition) is 1. The highest BCUT2D eigenvalue weighted by atomic mass is 79.9. The Morgan fingerprint density at radius 1 is 1.26 bits per heavy atom. The molecule has 0 bridgehead atoms. The molecule has 0 aliphatic heterocycles. The molecule has 3 aromatic rings. The van der Waals surface area contributed by atoms with Crippen LogP contribution in [0.5, 0.6) is 0 Å². The van der Waals surface area contributed by atoms with Crippen LogP contribution in [0, 0.1) is 6.92 Å². The zero-order valence-electron chi connectivity index (χ0n) is 12.7. The predicted molar refractivity (Wildman–Crippen MR) is 92.7 cm³/mol. The van der Waals surface area contributed by atoms with E-state index in [4.69, 9.17) is 4.42 Å². The molecule has 6 heteroatoms. The number of aryl methyl sites for hydroxylation is 1. The van der Waals surface area contributed by atoms with Gasteiger partial charge in [0.15, 0.2) is 5.58 Å². The van der Waals surface area contributed by atoms with Crippen LogP contribution < -0.4 is 11.1 Å². The van der Waals surface area contributed by atoms with E-state index in [0.29, 0.717) is 16.8 Å². The average molecular weight is 375 g/mol. The summed E-state index contributed by atoms with van der Waals surface area (Å²) in [5.74, 6) is -0.818. The van der Waals surface area contributed by atoms with Gasteiger partial charge in [0.25, 0.3) is 0 Å². The minimum Gasteiger partial charge on any atom is -0.408 e. The molecule has 1 heterocycles. The Hall–Kier alpha value is -2.34. The number of fused-ring (bicyclic) bond motifs is 1. The molecular weight excluding hydrogens is 360 g/mol. The molecule has 1 N–H and O–H groups in total. The summed E-state index contributed by atoms with van der Waals surface area (Å²) in [6.45, 7) is 3.61. The Morgan fingerprint density at radius 3 is 2.74 bits per heavy atom. The molecule has 0 saturated carbocycles. The van der Waals surface area contributed by atoms with Crippen LogP contribution in [0.25, 0.3) is 11.1 Å². The smallest absolute Gasteiger partial charge is 0.408 e. The first-order valence-corrected chi connectivity index (χ1v) is 7.94. The maximum atomic E-state index is 12.5. The van der Waals surface area contributed by atoms with Gasteiger partial charge in [0.1, 0.15) is 6.04 Å². The third-order valence-electron chi connectivity index (χ3n) is 3.71. The lowest BCUT2D eigenvalue weighted by molar-refractivity contribution is -0.118. The van der Waals surface area contributed by atoms with Gasteiger partial charge in [0.05, 0.1) is 5.52 Å². The van der Waals surface area contributed by atoms with Crippen LogP contribution in [0.4, 0.5) is 5.69 Å². The molecule has 1 unspecified atom stereocenters. The Morgan fingerprint density at radius 2 is 2.00 bits per heavy atom. The molecular formula is C17H15BrN2O3. The van der Waals surface area contributed by atoms with E-state index in [-0.39, 0.29) is 5.91 Å². The minimum atomic E-state index is -0.685. The van der Waals surface area contributed by atoms with Gasteiger partial charge in [-0.1, -0.05) is 28.1 Å². The summed E-state index contributed by atoms with van der Waals surface area (Å²) in [5, 5.41) is 2.83. The molecule has 5 nitrogen and oxygen atoms in total. The number of carbonyl (C=O) groups excluding carboxylic acids is 1. The van der Waals surface area contributed by atoms with Crippen molar-refractivity contribution < 1.29 is 9.21 Å². The van der Waals surface area contributed by atoms with Gasteiger partial charge in [0.2, 0.25) is 5.91 Å². The monoisotopic (exact) mass is 374 g/mol. The first-order valence-electron chi connectivity index (χ1n) is 7.14. The number of nitrogens with one attached hydrogen (secondary N) is 1. The van der Waals surface area contributed by atoms with Gasteiger partial charge in [-0.2, -0.15) is 0 Å². The van der Waals surface area contributed by atoms with E-state index >= 15 is 0 Å². The Balaban J connectivity index is 1.91. The second kappa shape index (κ2) is 6.04. The third-order valence-corrected chi connectivity index (χ3v) is 4.60. The molecule has 23 heavy (non-hydrogen) atoms. The quantitative estimate of drug-likeness (QED) is 0.756. The number of para-hydroxylation sites is 2. The van der Waals surface area contributed by atoms with Crippen LogP contribution in [0.3, 0.4) is 0 Å². The third kappa shape index (κ3) is 2.94. The van der Waals surface area contributed by atoms with Crippen LogP contribution in [-0.4, -0.2) is 10.5 Å². The van der Waals surface area contributed by atoms with Crippen molar-refractivity contribution in [1.29, 1.82) is 0 Å². The summed E-state index contributed by atoms with van der Waals surface area (Å²) < 4.78 is 7.51. The minimum absolute atomic E-state index is 0.277. The average Bonchev–Trinajstić information content (AvgIpc) is 2.86. The fourth-order valence-electron chi connectivity index (χ4n) is 2.44. The first kappa shape index (κ1) is 15.6. The van der Waals surface area contributed by atoms with Crippen LogP contribution in [0.15, 0.2) is 56.1 Å². The maximum Gasteiger partial charge on any atom is 0.420 e. The summed E-state index contributed by atoms with van der Waals surface area (Å²) in [6.07, 6.45) is 0. The van der Waals surface area contributed by atoms with Gasteiger partial charge < -0.3 is 9.73 Å². The lowest BCUT2D eigenvalue weighted by Crippen LogP contribution is -2.29. The number of aromatic nitrogens is 1. The summed E-state index contributed by atoms with van der Waals surface area (Å²) in [5.41, 5.74) is 2.77. The molecule has 1 atom stereocenters. The zero-order valence-corrected chi connectivity index (χ0v) is 14.3. The van der Waals surface area contributed by atoms with E-state index in [0.717, 1.165) is 10.0 Å². The van der Waals surface area contributed by atoms with Crippen molar-refractivity contribution in [2.75, 3.05) is 5.32 Å². The van der Waals surface area contributed by atoms with Gasteiger partial charge in [0, 0.05) is 10.2 Å². The fraction of sp³-hybridized carbons (Fsp3) is 0.176. The first-order chi connectivity index (χ1) is 11.0. The largest absolute Gasteiger partial charge is 0.420 e. The summed E-state index contributed by atoms with van der Waals surface area (Å²) in [6, 6.07) is 11.9. The summed E-state index contributed by atoms with van der Waals surface area (Å²) in [7, 11) is 0. The number of amides is 1. The van der Waals surface area contributed by atoms with Gasteiger partial charge in [-0.25, -0.2) is 4.79 Å². The van der Waals surface area contributed by atoms with Gasteiger partial charge in [-0.15, -0.1) is 0 Å². The Labute approximate surface area is 141 Å². The Kier molecular flexibility index (Phi) is 4.09. The topological polar surface area (TPSA) is 64.2 Å². The van der Waals surface area contributed by atoms with Gasteiger partial charge in [-0.3, -0.25) is 9.36 Å². The summed E-state index contributed by atoms with van der Waals surface area (Å²) in [4.78, 5) is 24.5. The maximum absolute atomic E-state index is 12.5. The molecule has 0 aliphatic rings. The second-order valence-corrected chi connectivity index (χ2v) is 6.19. The highest BCUT2D eigenvalue weighted by molar-refractivity contribution is 9.10. The van der Waals surface area contributed by atoms with Crippen molar-refractivity contribution in [3.8, 4) is 0 Å². The van der Waals surface area contributed by atoms with E-state index in [1.165, 1.54) is 4.57 Å². The Bertz CT molecular complexity index is 942. The van der Waals surface area contributed by atoms with E-state index < -0.39 is 11.8 Å². The van der Waals surface area contributed by atoms with Crippen LogP contribution >= 0.6 is 15.9 Å². The van der Waals surface area contributed by atoms with E-state index in [2.05, 4.69) is 21.2 Å². The van der Waals surface area contributed by atoms with Crippen molar-refractivity contribution in [2.45, 2.75) is 19.9 Å². The molecule has 0 spiro atoms. The lowest BCUT2D eigenvalue weighted by atomic mass is 10.2. The van der Waals surface area contributed by atoms with E-state index in [1.807, 2.05) is 19.1 Å². The molecule has 0 aliphatic carbocycles. The molecule has 1 amide bonds. The van der Waals surface area contributed by atoms with Crippen molar-refractivity contribution in [3.05, 3.63) is 63.1 Å². The standard InChI is InChI=1S/C17H15BrN2O3/c1-10-9-12(7-8-13(10)18)19-16(21)11(2)20-14-5-3-4-6-15(14)23-17(20)22/h3-9,11H,1-2H3,(H,19,21). The van der Waals surface area contributed by atoms with Crippen LogP contribution in [-0.2, 0) is 4.79 Å². The number of carbonyl (C=O) groups is 1. The normalized spacial score (nSPS) is 12.3. The number of hydrogen-bond acceptors (Lipinski definition) is 3. The molecule has 1 aromatic heterocycles. The lowest BCUT2D eigenvalue weighted by Gasteiger charge is -2.13. The highest BCUT2D eigenvalue weighted by Crippen LogP contribution is 2.22. The van der Waals surface area contributed by atoms with Crippen molar-refractivity contribution >= 4 is 38.6 Å². The zero-order chi connectivity index (χ0) is 16.6. The SMILES string of the molecule is Cc1cc(NC(=O)C(C)n2c(=O)oc3ccccc32)ccc1Br. The number of rotatable bonds is 3. The molecule has 118 valence electrons. The van der Waals surface area contributed by atoms with Gasteiger partial charge in [-0.05, 0) is 49.7 Å².